The van der Waals surface area contributed by atoms with E-state index in [1.54, 1.807) is 7.11 Å². The molecule has 3 aromatic rings. The fourth-order valence-corrected chi connectivity index (χ4v) is 4.98. The van der Waals surface area contributed by atoms with E-state index < -0.39 is 0 Å². The Hall–Kier alpha value is -3.28. The van der Waals surface area contributed by atoms with Gasteiger partial charge in [0.2, 0.25) is 5.91 Å². The minimum Gasteiger partial charge on any atom is -0.497 e. The van der Waals surface area contributed by atoms with Crippen molar-refractivity contribution in [3.05, 3.63) is 48.5 Å². The third-order valence-corrected chi connectivity index (χ3v) is 6.91. The van der Waals surface area contributed by atoms with Crippen LogP contribution in [0.2, 0.25) is 0 Å². The van der Waals surface area contributed by atoms with Crippen molar-refractivity contribution in [2.45, 2.75) is 25.4 Å². The molecule has 2 aliphatic heterocycles. The highest BCUT2D eigenvalue weighted by atomic mass is 16.5. The van der Waals surface area contributed by atoms with Crippen LogP contribution in [0.5, 0.6) is 11.5 Å². The first-order chi connectivity index (χ1) is 15.7. The Bertz CT molecular complexity index is 1170. The maximum absolute atomic E-state index is 12.4. The van der Waals surface area contributed by atoms with E-state index in [4.69, 9.17) is 14.5 Å². The van der Waals surface area contributed by atoms with Crippen LogP contribution in [0.1, 0.15) is 19.3 Å². The normalized spacial score (nSPS) is 22.5. The van der Waals surface area contributed by atoms with Crippen molar-refractivity contribution in [2.75, 3.05) is 31.6 Å². The molecule has 3 fully saturated rings. The number of nitrogens with one attached hydrogen (secondary N) is 1. The first-order valence-corrected chi connectivity index (χ1v) is 11.5. The van der Waals surface area contributed by atoms with Gasteiger partial charge in [0.15, 0.2) is 0 Å². The second-order valence-electron chi connectivity index (χ2n) is 9.10. The Labute approximate surface area is 187 Å². The molecule has 1 aromatic heterocycles. The van der Waals surface area contributed by atoms with Gasteiger partial charge in [0, 0.05) is 42.3 Å². The van der Waals surface area contributed by atoms with E-state index in [1.807, 2.05) is 24.3 Å². The summed E-state index contributed by atoms with van der Waals surface area (Å²) in [5.74, 6) is 2.36. The monoisotopic (exact) mass is 429 g/mol. The summed E-state index contributed by atoms with van der Waals surface area (Å²) in [4.78, 5) is 19.8. The van der Waals surface area contributed by atoms with Crippen LogP contribution < -0.4 is 19.7 Å². The zero-order chi connectivity index (χ0) is 21.7. The Kier molecular flexibility index (Phi) is 4.67. The van der Waals surface area contributed by atoms with E-state index in [1.165, 1.54) is 0 Å². The van der Waals surface area contributed by atoms with Crippen LogP contribution >= 0.6 is 0 Å². The topological polar surface area (TPSA) is 63.7 Å². The van der Waals surface area contributed by atoms with Crippen LogP contribution in [0.15, 0.2) is 48.5 Å². The van der Waals surface area contributed by atoms with Crippen LogP contribution in [0, 0.1) is 11.8 Å². The van der Waals surface area contributed by atoms with E-state index >= 15 is 0 Å². The number of amides is 1. The number of anilines is 1. The quantitative estimate of drug-likeness (QED) is 0.664. The molecule has 2 unspecified atom stereocenters. The van der Waals surface area contributed by atoms with Gasteiger partial charge in [0.1, 0.15) is 11.5 Å². The third-order valence-electron chi connectivity index (χ3n) is 6.91. The number of nitrogens with zero attached hydrogens (tertiary/aromatic N) is 2. The van der Waals surface area contributed by atoms with E-state index in [-0.39, 0.29) is 11.8 Å². The van der Waals surface area contributed by atoms with Gasteiger partial charge in [-0.2, -0.15) is 0 Å². The third kappa shape index (κ3) is 3.53. The number of piperidine rings is 1. The summed E-state index contributed by atoms with van der Waals surface area (Å²) in [6, 6.07) is 16.4. The molecule has 2 aromatic carbocycles. The predicted molar refractivity (Wildman–Crippen MR) is 124 cm³/mol. The van der Waals surface area contributed by atoms with E-state index in [0.717, 1.165) is 78.2 Å². The molecule has 2 saturated heterocycles. The molecule has 1 N–H and O–H groups in total. The summed E-state index contributed by atoms with van der Waals surface area (Å²) < 4.78 is 11.4. The Balaban J connectivity index is 1.40. The Morgan fingerprint density at radius 2 is 1.81 bits per heavy atom. The number of carbonyl (C=O) groups is 1. The molecule has 6 heteroatoms. The molecule has 1 saturated carbocycles. The van der Waals surface area contributed by atoms with Crippen LogP contribution in [0.3, 0.4) is 0 Å². The number of methoxy groups -OCH3 is 1. The smallest absolute Gasteiger partial charge is 0.225 e. The van der Waals surface area contributed by atoms with E-state index in [9.17, 15) is 4.79 Å². The predicted octanol–water partition coefficient (Wildman–Crippen LogP) is 4.02. The average molecular weight is 430 g/mol. The highest BCUT2D eigenvalue weighted by Crippen LogP contribution is 2.38. The van der Waals surface area contributed by atoms with E-state index in [2.05, 4.69) is 34.5 Å². The van der Waals surface area contributed by atoms with Crippen molar-refractivity contribution in [1.82, 2.24) is 10.3 Å². The van der Waals surface area contributed by atoms with Gasteiger partial charge in [0.25, 0.3) is 0 Å². The maximum Gasteiger partial charge on any atom is 0.225 e. The number of hydrogen-bond donors (Lipinski definition) is 1. The summed E-state index contributed by atoms with van der Waals surface area (Å²) in [7, 11) is 1.67. The molecule has 2 atom stereocenters. The molecule has 1 aliphatic carbocycles. The van der Waals surface area contributed by atoms with Crippen LogP contribution in [-0.2, 0) is 4.79 Å². The number of carbonyl (C=O) groups excluding carboxylic acids is 1. The van der Waals surface area contributed by atoms with Crippen molar-refractivity contribution in [1.29, 1.82) is 0 Å². The van der Waals surface area contributed by atoms with Crippen molar-refractivity contribution < 1.29 is 14.3 Å². The number of ether oxygens (including phenoxy) is 2. The second kappa shape index (κ2) is 7.69. The van der Waals surface area contributed by atoms with Crippen molar-refractivity contribution in [3.63, 3.8) is 0 Å². The number of pyridine rings is 1. The van der Waals surface area contributed by atoms with Crippen LogP contribution in [0.25, 0.3) is 22.2 Å². The number of fused-ring (bicyclic) bond motifs is 2. The van der Waals surface area contributed by atoms with Crippen molar-refractivity contribution >= 4 is 22.5 Å². The molecule has 0 bridgehead atoms. The van der Waals surface area contributed by atoms with E-state index in [0.29, 0.717) is 12.0 Å². The molecule has 6 rings (SSSR count). The molecule has 3 aliphatic rings. The number of rotatable bonds is 5. The average Bonchev–Trinajstić information content (AvgIpc) is 3.52. The van der Waals surface area contributed by atoms with Gasteiger partial charge in [-0.05, 0) is 67.6 Å². The first kappa shape index (κ1) is 19.4. The lowest BCUT2D eigenvalue weighted by Crippen LogP contribution is -2.41. The highest BCUT2D eigenvalue weighted by molar-refractivity contribution is 5.95. The minimum absolute atomic E-state index is 0.0625. The van der Waals surface area contributed by atoms with Gasteiger partial charge in [0.05, 0.1) is 30.3 Å². The van der Waals surface area contributed by atoms with Crippen molar-refractivity contribution in [3.8, 4) is 22.8 Å². The number of aromatic nitrogens is 1. The molecular formula is C26H27N3O3. The number of hydrogen-bond acceptors (Lipinski definition) is 5. The summed E-state index contributed by atoms with van der Waals surface area (Å²) in [6.45, 7) is 2.43. The van der Waals surface area contributed by atoms with Crippen LogP contribution in [0.4, 0.5) is 5.69 Å². The second-order valence-corrected chi connectivity index (χ2v) is 9.10. The minimum atomic E-state index is 0.0625. The largest absolute Gasteiger partial charge is 0.497 e. The van der Waals surface area contributed by atoms with Gasteiger partial charge >= 0.3 is 0 Å². The summed E-state index contributed by atoms with van der Waals surface area (Å²) in [5.41, 5.74) is 3.99. The molecular weight excluding hydrogens is 402 g/mol. The molecule has 1 amide bonds. The van der Waals surface area contributed by atoms with Crippen LogP contribution in [-0.4, -0.2) is 43.7 Å². The van der Waals surface area contributed by atoms with Gasteiger partial charge in [-0.3, -0.25) is 4.79 Å². The zero-order valence-electron chi connectivity index (χ0n) is 18.2. The van der Waals surface area contributed by atoms with Crippen molar-refractivity contribution in [2.24, 2.45) is 11.8 Å². The molecule has 164 valence electrons. The lowest BCUT2D eigenvalue weighted by atomic mass is 9.89. The lowest BCUT2D eigenvalue weighted by Gasteiger charge is -2.23. The summed E-state index contributed by atoms with van der Waals surface area (Å²) in [6.07, 6.45) is 3.72. The molecule has 0 spiro atoms. The SMILES string of the molecule is COc1ccc2c(N3CC4CCNC(=O)C4C3)cc(-c3ccc(OC4CC4)cc3)nc2c1. The highest BCUT2D eigenvalue weighted by Gasteiger charge is 2.40. The van der Waals surface area contributed by atoms with Gasteiger partial charge < -0.3 is 19.7 Å². The lowest BCUT2D eigenvalue weighted by molar-refractivity contribution is -0.127. The molecule has 0 radical (unpaired) electrons. The standard InChI is InChI=1S/C26H27N3O3/c1-31-20-8-9-21-24(12-20)28-23(16-2-4-18(5-3-16)32-19-6-7-19)13-25(21)29-14-17-10-11-27-26(30)22(17)15-29/h2-5,8-9,12-13,17,19,22H,6-7,10-11,14-15H2,1H3,(H,27,30). The Morgan fingerprint density at radius 1 is 1.00 bits per heavy atom. The summed E-state index contributed by atoms with van der Waals surface area (Å²) in [5, 5.41) is 4.12. The van der Waals surface area contributed by atoms with Gasteiger partial charge in [-0.15, -0.1) is 0 Å². The maximum atomic E-state index is 12.4. The molecule has 3 heterocycles. The van der Waals surface area contributed by atoms with Gasteiger partial charge in [-0.25, -0.2) is 4.98 Å². The van der Waals surface area contributed by atoms with Gasteiger partial charge in [-0.1, -0.05) is 0 Å². The Morgan fingerprint density at radius 3 is 2.56 bits per heavy atom. The first-order valence-electron chi connectivity index (χ1n) is 11.5. The molecule has 6 nitrogen and oxygen atoms in total. The molecule has 32 heavy (non-hydrogen) atoms. The fourth-order valence-electron chi connectivity index (χ4n) is 4.98. The summed E-state index contributed by atoms with van der Waals surface area (Å²) >= 11 is 0. The zero-order valence-corrected chi connectivity index (χ0v) is 18.2. The fraction of sp³-hybridized carbons (Fsp3) is 0.385. The number of benzene rings is 2.